The number of hydrogen-bond acceptors (Lipinski definition) is 2. The van der Waals surface area contributed by atoms with Gasteiger partial charge in [0.1, 0.15) is 0 Å². The average Bonchev–Trinajstić information content (AvgIpc) is 2.66. The number of carbonyl (C=O) groups is 1. The van der Waals surface area contributed by atoms with E-state index < -0.39 is 0 Å². The highest BCUT2D eigenvalue weighted by Crippen LogP contribution is 2.14. The zero-order valence-corrected chi connectivity index (χ0v) is 14.2. The third-order valence-electron chi connectivity index (χ3n) is 4.03. The number of likely N-dealkylation sites (tertiary alicyclic amines) is 1. The van der Waals surface area contributed by atoms with E-state index in [2.05, 4.69) is 23.6 Å². The van der Waals surface area contributed by atoms with Crippen molar-refractivity contribution < 1.29 is 4.79 Å². The molecule has 0 N–H and O–H groups in total. The first-order valence-electron chi connectivity index (χ1n) is 8.70. The second-order valence-electron chi connectivity index (χ2n) is 5.93. The lowest BCUT2D eigenvalue weighted by Crippen LogP contribution is -2.31. The van der Waals surface area contributed by atoms with E-state index in [9.17, 15) is 4.79 Å². The molecule has 3 heteroatoms. The molecule has 0 aromatic heterocycles. The summed E-state index contributed by atoms with van der Waals surface area (Å²) < 4.78 is 0. The number of thioether (sulfide) groups is 1. The summed E-state index contributed by atoms with van der Waals surface area (Å²) in [7, 11) is 0. The van der Waals surface area contributed by atoms with Crippen LogP contribution in [0.3, 0.4) is 0 Å². The summed E-state index contributed by atoms with van der Waals surface area (Å²) in [4.78, 5) is 13.9. The van der Waals surface area contributed by atoms with Crippen molar-refractivity contribution in [2.24, 2.45) is 0 Å². The summed E-state index contributed by atoms with van der Waals surface area (Å²) in [5.41, 5.74) is 0. The molecule has 1 fully saturated rings. The Balaban J connectivity index is 1.87. The largest absolute Gasteiger partial charge is 0.343 e. The zero-order valence-electron chi connectivity index (χ0n) is 13.4. The molecule has 0 bridgehead atoms. The van der Waals surface area contributed by atoms with Gasteiger partial charge in [0, 0.05) is 19.5 Å². The molecule has 1 heterocycles. The molecule has 0 atom stereocenters. The molecular weight excluding hydrogens is 266 g/mol. The summed E-state index contributed by atoms with van der Waals surface area (Å²) in [6.07, 6.45) is 13.7. The van der Waals surface area contributed by atoms with Crippen LogP contribution in [0.25, 0.3) is 0 Å². The molecule has 118 valence electrons. The lowest BCUT2D eigenvalue weighted by Gasteiger charge is -2.20. The van der Waals surface area contributed by atoms with Gasteiger partial charge in [-0.3, -0.25) is 4.79 Å². The number of hydrogen-bond donors (Lipinski definition) is 0. The molecule has 1 aliphatic heterocycles. The van der Waals surface area contributed by atoms with Crippen molar-refractivity contribution in [3.63, 3.8) is 0 Å². The minimum absolute atomic E-state index is 0.395. The Morgan fingerprint density at radius 1 is 0.950 bits per heavy atom. The highest BCUT2D eigenvalue weighted by Gasteiger charge is 2.15. The van der Waals surface area contributed by atoms with Gasteiger partial charge in [-0.15, -0.1) is 0 Å². The summed E-state index contributed by atoms with van der Waals surface area (Å²) in [6.45, 7) is 4.27. The second-order valence-corrected chi connectivity index (χ2v) is 7.15. The third-order valence-corrected chi connectivity index (χ3v) is 5.19. The number of carbonyl (C=O) groups excluding carboxylic acids is 1. The molecule has 1 amide bonds. The van der Waals surface area contributed by atoms with Crippen LogP contribution in [0.15, 0.2) is 0 Å². The molecule has 0 radical (unpaired) electrons. The fraction of sp³-hybridized carbons (Fsp3) is 0.941. The monoisotopic (exact) mass is 299 g/mol. The van der Waals surface area contributed by atoms with E-state index in [1.54, 1.807) is 0 Å². The van der Waals surface area contributed by atoms with Gasteiger partial charge in [-0.1, -0.05) is 39.0 Å². The molecule has 0 spiro atoms. The van der Waals surface area contributed by atoms with Gasteiger partial charge in [0.25, 0.3) is 0 Å². The van der Waals surface area contributed by atoms with Gasteiger partial charge in [0.15, 0.2) is 0 Å². The number of rotatable bonds is 11. The van der Waals surface area contributed by atoms with Crippen molar-refractivity contribution in [1.82, 2.24) is 4.90 Å². The predicted molar refractivity (Wildman–Crippen MR) is 90.4 cm³/mol. The molecule has 0 aromatic rings. The third kappa shape index (κ3) is 8.89. The van der Waals surface area contributed by atoms with E-state index in [4.69, 9.17) is 0 Å². The van der Waals surface area contributed by atoms with Gasteiger partial charge in [0.2, 0.25) is 5.91 Å². The van der Waals surface area contributed by atoms with Crippen molar-refractivity contribution in [1.29, 1.82) is 0 Å². The average molecular weight is 300 g/mol. The van der Waals surface area contributed by atoms with Gasteiger partial charge >= 0.3 is 0 Å². The molecule has 1 aliphatic rings. The van der Waals surface area contributed by atoms with E-state index in [1.807, 2.05) is 0 Å². The van der Waals surface area contributed by atoms with Crippen LogP contribution in [0.2, 0.25) is 0 Å². The Morgan fingerprint density at radius 3 is 2.50 bits per heavy atom. The summed E-state index contributed by atoms with van der Waals surface area (Å²) in [6, 6.07) is 0. The van der Waals surface area contributed by atoms with Crippen LogP contribution in [0.5, 0.6) is 0 Å². The maximum atomic E-state index is 11.8. The fourth-order valence-corrected chi connectivity index (χ4v) is 3.71. The molecule has 0 aromatic carbocycles. The first-order chi connectivity index (χ1) is 9.84. The first-order valence-corrected chi connectivity index (χ1v) is 9.85. The van der Waals surface area contributed by atoms with Gasteiger partial charge in [0.05, 0.1) is 0 Å². The van der Waals surface area contributed by atoms with Gasteiger partial charge in [-0.25, -0.2) is 0 Å². The van der Waals surface area contributed by atoms with E-state index in [1.165, 1.54) is 69.3 Å². The van der Waals surface area contributed by atoms with Crippen LogP contribution in [-0.2, 0) is 4.79 Å². The molecular formula is C17H33NOS. The molecule has 0 unspecified atom stereocenters. The van der Waals surface area contributed by atoms with E-state index in [0.717, 1.165) is 25.9 Å². The molecule has 0 saturated carbocycles. The van der Waals surface area contributed by atoms with Crippen molar-refractivity contribution in [3.8, 4) is 0 Å². The van der Waals surface area contributed by atoms with Crippen LogP contribution in [0, 0.1) is 0 Å². The number of nitrogens with zero attached hydrogens (tertiary/aromatic N) is 1. The van der Waals surface area contributed by atoms with Crippen molar-refractivity contribution in [2.45, 2.75) is 77.6 Å². The lowest BCUT2D eigenvalue weighted by molar-refractivity contribution is -0.130. The Kier molecular flexibility index (Phi) is 11.2. The normalized spacial score (nSPS) is 16.4. The Labute approximate surface area is 130 Å². The summed E-state index contributed by atoms with van der Waals surface area (Å²) in [5.74, 6) is 2.99. The smallest absolute Gasteiger partial charge is 0.222 e. The van der Waals surface area contributed by atoms with Crippen molar-refractivity contribution in [2.75, 3.05) is 24.6 Å². The van der Waals surface area contributed by atoms with Gasteiger partial charge in [-0.2, -0.15) is 11.8 Å². The van der Waals surface area contributed by atoms with Crippen molar-refractivity contribution in [3.05, 3.63) is 0 Å². The Morgan fingerprint density at radius 2 is 1.70 bits per heavy atom. The van der Waals surface area contributed by atoms with Crippen LogP contribution in [0.4, 0.5) is 0 Å². The quantitative estimate of drug-likeness (QED) is 0.507. The summed E-state index contributed by atoms with van der Waals surface area (Å²) >= 11 is 2.10. The second kappa shape index (κ2) is 12.6. The Bertz CT molecular complexity index is 245. The maximum absolute atomic E-state index is 11.8. The minimum atomic E-state index is 0.395. The molecule has 20 heavy (non-hydrogen) atoms. The van der Waals surface area contributed by atoms with Crippen LogP contribution < -0.4 is 0 Å². The Hall–Kier alpha value is -0.180. The van der Waals surface area contributed by atoms with Gasteiger partial charge in [-0.05, 0) is 43.6 Å². The van der Waals surface area contributed by atoms with Crippen LogP contribution in [0.1, 0.15) is 77.6 Å². The SMILES string of the molecule is CCCCCCCSCCCCN1CCCCCC1=O. The number of unbranched alkanes of at least 4 members (excludes halogenated alkanes) is 5. The van der Waals surface area contributed by atoms with Crippen LogP contribution in [-0.4, -0.2) is 35.4 Å². The molecule has 2 nitrogen and oxygen atoms in total. The maximum Gasteiger partial charge on any atom is 0.222 e. The van der Waals surface area contributed by atoms with Crippen molar-refractivity contribution >= 4 is 17.7 Å². The molecule has 0 aliphatic carbocycles. The van der Waals surface area contributed by atoms with E-state index in [-0.39, 0.29) is 0 Å². The van der Waals surface area contributed by atoms with E-state index in [0.29, 0.717) is 5.91 Å². The highest BCUT2D eigenvalue weighted by molar-refractivity contribution is 7.99. The lowest BCUT2D eigenvalue weighted by atomic mass is 10.2. The fourth-order valence-electron chi connectivity index (χ4n) is 2.69. The van der Waals surface area contributed by atoms with Crippen LogP contribution >= 0.6 is 11.8 Å². The standard InChI is InChI=1S/C17H33NOS/c1-2-3-4-5-10-15-20-16-11-9-14-18-13-8-6-7-12-17(18)19/h2-16H2,1H3. The summed E-state index contributed by atoms with van der Waals surface area (Å²) in [5, 5.41) is 0. The molecule has 1 rings (SSSR count). The zero-order chi connectivity index (χ0) is 14.5. The minimum Gasteiger partial charge on any atom is -0.343 e. The highest BCUT2D eigenvalue weighted by atomic mass is 32.2. The predicted octanol–water partition coefficient (Wildman–Crippen LogP) is 4.87. The van der Waals surface area contributed by atoms with Gasteiger partial charge < -0.3 is 4.90 Å². The topological polar surface area (TPSA) is 20.3 Å². The first kappa shape index (κ1) is 17.9. The van der Waals surface area contributed by atoms with E-state index >= 15 is 0 Å². The number of amides is 1. The molecule has 1 saturated heterocycles.